The fourth-order valence-electron chi connectivity index (χ4n) is 2.85. The molecule has 2 aromatic carbocycles. The van der Waals surface area contributed by atoms with Crippen LogP contribution in [0, 0.1) is 0 Å². The molecule has 0 aromatic heterocycles. The van der Waals surface area contributed by atoms with Crippen LogP contribution in [0.3, 0.4) is 0 Å². The summed E-state index contributed by atoms with van der Waals surface area (Å²) in [7, 11) is 0. The van der Waals surface area contributed by atoms with Gasteiger partial charge in [-0.1, -0.05) is 35.9 Å². The third-order valence-corrected chi connectivity index (χ3v) is 4.65. The van der Waals surface area contributed by atoms with Gasteiger partial charge in [-0.3, -0.25) is 9.59 Å². The van der Waals surface area contributed by atoms with Gasteiger partial charge < -0.3 is 10.4 Å². The molecule has 0 spiro atoms. The molecule has 1 aliphatic carbocycles. The molecule has 1 amide bonds. The minimum atomic E-state index is -0.830. The van der Waals surface area contributed by atoms with E-state index in [1.807, 2.05) is 36.4 Å². The molecule has 2 N–H and O–H groups in total. The number of anilines is 1. The maximum atomic E-state index is 12.7. The van der Waals surface area contributed by atoms with Crippen LogP contribution in [0.15, 0.2) is 48.5 Å². The normalized spacial score (nSPS) is 14.9. The van der Waals surface area contributed by atoms with Crippen LogP contribution >= 0.6 is 11.6 Å². The number of aliphatic carboxylic acids is 1. The number of carbonyl (C=O) groups excluding carboxylic acids is 1. The fraction of sp³-hybridized carbons (Fsp3) is 0.263. The number of amides is 1. The number of hydrogen-bond acceptors (Lipinski definition) is 2. The Morgan fingerprint density at radius 3 is 2.46 bits per heavy atom. The Balaban J connectivity index is 1.72. The van der Waals surface area contributed by atoms with E-state index in [2.05, 4.69) is 5.32 Å². The van der Waals surface area contributed by atoms with Crippen molar-refractivity contribution in [3.05, 3.63) is 64.7 Å². The van der Waals surface area contributed by atoms with Crippen LogP contribution < -0.4 is 5.32 Å². The average Bonchev–Trinajstić information content (AvgIpc) is 3.36. The summed E-state index contributed by atoms with van der Waals surface area (Å²) in [6.07, 6.45) is 2.16. The second kappa shape index (κ2) is 6.65. The summed E-state index contributed by atoms with van der Waals surface area (Å²) in [6, 6.07) is 14.8. The number of hydrogen-bond donors (Lipinski definition) is 2. The highest BCUT2D eigenvalue weighted by molar-refractivity contribution is 6.30. The number of rotatable bonds is 6. The van der Waals surface area contributed by atoms with Crippen molar-refractivity contribution in [1.82, 2.24) is 0 Å². The first-order chi connectivity index (χ1) is 11.5. The largest absolute Gasteiger partial charge is 0.481 e. The smallest absolute Gasteiger partial charge is 0.303 e. The third-order valence-electron chi connectivity index (χ3n) is 4.39. The van der Waals surface area contributed by atoms with E-state index in [9.17, 15) is 9.59 Å². The summed E-state index contributed by atoms with van der Waals surface area (Å²) < 4.78 is 0. The summed E-state index contributed by atoms with van der Waals surface area (Å²) in [4.78, 5) is 23.4. The Bertz CT molecular complexity index is 766. The maximum absolute atomic E-state index is 12.7. The number of nitrogens with one attached hydrogen (secondary N) is 1. The molecule has 1 aliphatic rings. The van der Waals surface area contributed by atoms with Gasteiger partial charge in [0.15, 0.2) is 0 Å². The molecule has 0 radical (unpaired) electrons. The predicted molar refractivity (Wildman–Crippen MR) is 93.4 cm³/mol. The van der Waals surface area contributed by atoms with Gasteiger partial charge in [0.05, 0.1) is 5.41 Å². The molecule has 0 heterocycles. The van der Waals surface area contributed by atoms with Crippen molar-refractivity contribution in [3.63, 3.8) is 0 Å². The molecule has 0 atom stereocenters. The molecular weight excluding hydrogens is 326 g/mol. The van der Waals surface area contributed by atoms with Gasteiger partial charge in [-0.25, -0.2) is 0 Å². The number of aryl methyl sites for hydroxylation is 1. The van der Waals surface area contributed by atoms with Crippen LogP contribution in [0.1, 0.15) is 30.4 Å². The van der Waals surface area contributed by atoms with E-state index in [0.29, 0.717) is 17.1 Å². The molecule has 124 valence electrons. The van der Waals surface area contributed by atoms with E-state index in [1.54, 1.807) is 12.1 Å². The van der Waals surface area contributed by atoms with Gasteiger partial charge >= 0.3 is 5.97 Å². The first-order valence-electron chi connectivity index (χ1n) is 7.88. The molecule has 0 bridgehead atoms. The lowest BCUT2D eigenvalue weighted by molar-refractivity contribution is -0.137. The lowest BCUT2D eigenvalue weighted by Gasteiger charge is -2.16. The van der Waals surface area contributed by atoms with Gasteiger partial charge in [-0.05, 0) is 54.7 Å². The van der Waals surface area contributed by atoms with E-state index < -0.39 is 11.4 Å². The van der Waals surface area contributed by atoms with Crippen LogP contribution in [0.2, 0.25) is 5.02 Å². The van der Waals surface area contributed by atoms with Crippen molar-refractivity contribution in [2.24, 2.45) is 0 Å². The zero-order valence-corrected chi connectivity index (χ0v) is 13.8. The monoisotopic (exact) mass is 343 g/mol. The predicted octanol–water partition coefficient (Wildman–Crippen LogP) is 4.03. The second-order valence-electron chi connectivity index (χ2n) is 6.14. The van der Waals surface area contributed by atoms with Crippen molar-refractivity contribution in [1.29, 1.82) is 0 Å². The van der Waals surface area contributed by atoms with E-state index in [4.69, 9.17) is 16.7 Å². The summed E-state index contributed by atoms with van der Waals surface area (Å²) in [5.74, 6) is -0.857. The van der Waals surface area contributed by atoms with Crippen molar-refractivity contribution < 1.29 is 14.7 Å². The molecule has 1 saturated carbocycles. The summed E-state index contributed by atoms with van der Waals surface area (Å²) >= 11 is 5.92. The summed E-state index contributed by atoms with van der Waals surface area (Å²) in [5, 5.41) is 12.4. The number of benzene rings is 2. The number of halogens is 1. The number of carboxylic acids is 1. The average molecular weight is 344 g/mol. The van der Waals surface area contributed by atoms with E-state index in [-0.39, 0.29) is 12.3 Å². The Morgan fingerprint density at radius 2 is 1.83 bits per heavy atom. The Hall–Kier alpha value is -2.33. The van der Waals surface area contributed by atoms with Gasteiger partial charge in [-0.2, -0.15) is 0 Å². The van der Waals surface area contributed by atoms with E-state index in [1.165, 1.54) is 0 Å². The van der Waals surface area contributed by atoms with Crippen LogP contribution in [-0.4, -0.2) is 17.0 Å². The van der Waals surface area contributed by atoms with Crippen molar-refractivity contribution >= 4 is 29.2 Å². The molecule has 1 fully saturated rings. The Labute approximate surface area is 145 Å². The minimum absolute atomic E-state index is 0.0276. The topological polar surface area (TPSA) is 66.4 Å². The van der Waals surface area contributed by atoms with Crippen molar-refractivity contribution in [2.75, 3.05) is 5.32 Å². The lowest BCUT2D eigenvalue weighted by atomic mass is 9.95. The van der Waals surface area contributed by atoms with Crippen LogP contribution in [0.25, 0.3) is 0 Å². The molecule has 0 aliphatic heterocycles. The molecule has 0 saturated heterocycles. The van der Waals surface area contributed by atoms with E-state index >= 15 is 0 Å². The van der Waals surface area contributed by atoms with Gasteiger partial charge in [-0.15, -0.1) is 0 Å². The molecule has 3 rings (SSSR count). The number of carboxylic acid groups (broad SMARTS) is 1. The zero-order chi connectivity index (χ0) is 17.2. The van der Waals surface area contributed by atoms with Crippen molar-refractivity contribution in [2.45, 2.75) is 31.1 Å². The standard InChI is InChI=1S/C19H18ClNO3/c20-15-7-5-14(6-8-15)19(10-11-19)18(24)21-16-3-1-2-13(12-16)4-9-17(22)23/h1-3,5-8,12H,4,9-11H2,(H,21,24)(H,22,23). The van der Waals surface area contributed by atoms with Gasteiger partial charge in [0.2, 0.25) is 5.91 Å². The van der Waals surface area contributed by atoms with Gasteiger partial charge in [0.1, 0.15) is 0 Å². The maximum Gasteiger partial charge on any atom is 0.303 e. The molecule has 2 aromatic rings. The minimum Gasteiger partial charge on any atom is -0.481 e. The third kappa shape index (κ3) is 3.60. The van der Waals surface area contributed by atoms with Gasteiger partial charge in [0.25, 0.3) is 0 Å². The molecule has 5 heteroatoms. The highest BCUT2D eigenvalue weighted by Crippen LogP contribution is 2.49. The zero-order valence-electron chi connectivity index (χ0n) is 13.1. The highest BCUT2D eigenvalue weighted by Gasteiger charge is 2.51. The Morgan fingerprint density at radius 1 is 1.12 bits per heavy atom. The van der Waals surface area contributed by atoms with Crippen LogP contribution in [0.5, 0.6) is 0 Å². The fourth-order valence-corrected chi connectivity index (χ4v) is 2.97. The SMILES string of the molecule is O=C(O)CCc1cccc(NC(=O)C2(c3ccc(Cl)cc3)CC2)c1. The lowest BCUT2D eigenvalue weighted by Crippen LogP contribution is -2.27. The molecular formula is C19H18ClNO3. The molecule has 0 unspecified atom stereocenters. The summed E-state index contributed by atoms with van der Waals surface area (Å²) in [6.45, 7) is 0. The first-order valence-corrected chi connectivity index (χ1v) is 8.26. The van der Waals surface area contributed by atoms with Crippen LogP contribution in [0.4, 0.5) is 5.69 Å². The quantitative estimate of drug-likeness (QED) is 0.832. The molecule has 24 heavy (non-hydrogen) atoms. The summed E-state index contributed by atoms with van der Waals surface area (Å²) in [5.41, 5.74) is 2.10. The Kier molecular flexibility index (Phi) is 4.58. The molecule has 4 nitrogen and oxygen atoms in total. The van der Waals surface area contributed by atoms with E-state index in [0.717, 1.165) is 24.0 Å². The van der Waals surface area contributed by atoms with Crippen LogP contribution in [-0.2, 0) is 21.4 Å². The highest BCUT2D eigenvalue weighted by atomic mass is 35.5. The van der Waals surface area contributed by atoms with Crippen molar-refractivity contribution in [3.8, 4) is 0 Å². The first kappa shape index (κ1) is 16.5. The van der Waals surface area contributed by atoms with Gasteiger partial charge in [0, 0.05) is 17.1 Å². The second-order valence-corrected chi connectivity index (χ2v) is 6.57. The number of carbonyl (C=O) groups is 2.